The number of hydrogen-bond donors (Lipinski definition) is 2. The van der Waals surface area contributed by atoms with Crippen molar-refractivity contribution >= 4 is 11.8 Å². The first kappa shape index (κ1) is 20.1. The molecule has 0 amide bonds. The van der Waals surface area contributed by atoms with Crippen LogP contribution in [0.3, 0.4) is 0 Å². The zero-order chi connectivity index (χ0) is 20.8. The van der Waals surface area contributed by atoms with Crippen LogP contribution in [0.1, 0.15) is 25.0 Å². The summed E-state index contributed by atoms with van der Waals surface area (Å²) in [5.74, 6) is 0.760. The smallest absolute Gasteiger partial charge is 0.213 e. The summed E-state index contributed by atoms with van der Waals surface area (Å²) in [5.41, 5.74) is 3.47. The van der Waals surface area contributed by atoms with E-state index in [1.807, 2.05) is 38.1 Å². The number of nitrogens with one attached hydrogen (secondary N) is 2. The zero-order valence-corrected chi connectivity index (χ0v) is 16.6. The van der Waals surface area contributed by atoms with Crippen molar-refractivity contribution in [3.05, 3.63) is 59.8 Å². The molecule has 8 heteroatoms. The lowest BCUT2D eigenvalue weighted by Crippen LogP contribution is -2.06. The van der Waals surface area contributed by atoms with Gasteiger partial charge < -0.3 is 14.2 Å². The van der Waals surface area contributed by atoms with Crippen LogP contribution < -0.4 is 4.74 Å². The molecule has 8 nitrogen and oxygen atoms in total. The second kappa shape index (κ2) is 9.01. The first-order chi connectivity index (χ1) is 14.1. The third-order valence-electron chi connectivity index (χ3n) is 4.18. The highest BCUT2D eigenvalue weighted by atomic mass is 16.5. The minimum atomic E-state index is 0.0881. The molecular weight excluding hydrogens is 370 g/mol. The van der Waals surface area contributed by atoms with Crippen LogP contribution >= 0.6 is 0 Å². The van der Waals surface area contributed by atoms with Crippen molar-refractivity contribution in [1.82, 2.24) is 15.0 Å². The lowest BCUT2D eigenvalue weighted by Gasteiger charge is -2.11. The number of ether oxygens (including phenoxy) is 3. The summed E-state index contributed by atoms with van der Waals surface area (Å²) >= 11 is 0. The van der Waals surface area contributed by atoms with Crippen LogP contribution in [0.2, 0.25) is 0 Å². The topological polar surface area (TPSA) is 106 Å². The van der Waals surface area contributed by atoms with Gasteiger partial charge in [0, 0.05) is 16.7 Å². The van der Waals surface area contributed by atoms with Crippen molar-refractivity contribution in [3.8, 4) is 22.7 Å². The SMILES string of the molecule is CCOC(=N)c1cccc(-c2cn(-c3ccc(C(=N)OCC)cc3OC)nn2)c1. The number of nitrogens with zero attached hydrogens (tertiary/aromatic N) is 3. The van der Waals surface area contributed by atoms with Crippen LogP contribution in [0.25, 0.3) is 16.9 Å². The quantitative estimate of drug-likeness (QED) is 0.471. The van der Waals surface area contributed by atoms with Crippen LogP contribution in [-0.4, -0.2) is 47.1 Å². The maximum absolute atomic E-state index is 7.96. The van der Waals surface area contributed by atoms with Crippen LogP contribution in [-0.2, 0) is 9.47 Å². The van der Waals surface area contributed by atoms with Gasteiger partial charge in [0.05, 0.1) is 26.5 Å². The molecule has 3 aromatic rings. The molecule has 0 unspecified atom stereocenters. The molecule has 0 atom stereocenters. The molecule has 2 N–H and O–H groups in total. The molecule has 150 valence electrons. The van der Waals surface area contributed by atoms with Gasteiger partial charge in [0.25, 0.3) is 0 Å². The first-order valence-corrected chi connectivity index (χ1v) is 9.22. The Hall–Kier alpha value is -3.68. The van der Waals surface area contributed by atoms with Gasteiger partial charge >= 0.3 is 0 Å². The molecule has 0 bridgehead atoms. The molecule has 0 aliphatic heterocycles. The molecule has 0 saturated heterocycles. The van der Waals surface area contributed by atoms with E-state index in [4.69, 9.17) is 25.0 Å². The third kappa shape index (κ3) is 4.43. The van der Waals surface area contributed by atoms with E-state index in [2.05, 4.69) is 10.3 Å². The summed E-state index contributed by atoms with van der Waals surface area (Å²) in [6.45, 7) is 4.55. The van der Waals surface area contributed by atoms with Gasteiger partial charge in [-0.05, 0) is 44.2 Å². The number of benzene rings is 2. The maximum Gasteiger partial charge on any atom is 0.213 e. The highest BCUT2D eigenvalue weighted by Gasteiger charge is 2.13. The Balaban J connectivity index is 1.91. The summed E-state index contributed by atoms with van der Waals surface area (Å²) in [7, 11) is 1.56. The molecule has 1 aromatic heterocycles. The van der Waals surface area contributed by atoms with E-state index in [0.717, 1.165) is 5.56 Å². The Labute approximate surface area is 169 Å². The largest absolute Gasteiger partial charge is 0.494 e. The van der Waals surface area contributed by atoms with Crippen LogP contribution in [0.15, 0.2) is 48.7 Å². The Kier molecular flexibility index (Phi) is 6.23. The summed E-state index contributed by atoms with van der Waals surface area (Å²) in [6, 6.07) is 12.7. The molecule has 0 spiro atoms. The summed E-state index contributed by atoms with van der Waals surface area (Å²) in [6.07, 6.45) is 1.79. The van der Waals surface area contributed by atoms with E-state index in [9.17, 15) is 0 Å². The molecule has 29 heavy (non-hydrogen) atoms. The molecule has 0 aliphatic rings. The summed E-state index contributed by atoms with van der Waals surface area (Å²) < 4.78 is 17.6. The fourth-order valence-corrected chi connectivity index (χ4v) is 2.80. The average molecular weight is 393 g/mol. The first-order valence-electron chi connectivity index (χ1n) is 9.22. The molecule has 2 aromatic carbocycles. The van der Waals surface area contributed by atoms with E-state index >= 15 is 0 Å². The van der Waals surface area contributed by atoms with Gasteiger partial charge in [-0.2, -0.15) is 0 Å². The predicted molar refractivity (Wildman–Crippen MR) is 110 cm³/mol. The Morgan fingerprint density at radius 1 is 0.966 bits per heavy atom. The van der Waals surface area contributed by atoms with Gasteiger partial charge in [0.1, 0.15) is 17.1 Å². The molecular formula is C21H23N5O3. The molecule has 0 saturated carbocycles. The average Bonchev–Trinajstić information content (AvgIpc) is 3.24. The third-order valence-corrected chi connectivity index (χ3v) is 4.18. The molecule has 0 radical (unpaired) electrons. The van der Waals surface area contributed by atoms with E-state index in [1.54, 1.807) is 36.2 Å². The van der Waals surface area contributed by atoms with Crippen LogP contribution in [0, 0.1) is 10.8 Å². The molecule has 3 rings (SSSR count). The number of methoxy groups -OCH3 is 1. The van der Waals surface area contributed by atoms with Crippen molar-refractivity contribution in [2.45, 2.75) is 13.8 Å². The van der Waals surface area contributed by atoms with Crippen molar-refractivity contribution < 1.29 is 14.2 Å². The van der Waals surface area contributed by atoms with E-state index < -0.39 is 0 Å². The van der Waals surface area contributed by atoms with Crippen molar-refractivity contribution in [1.29, 1.82) is 10.8 Å². The number of rotatable bonds is 7. The van der Waals surface area contributed by atoms with E-state index in [0.29, 0.717) is 41.5 Å². The van der Waals surface area contributed by atoms with Gasteiger partial charge in [-0.3, -0.25) is 10.8 Å². The fourth-order valence-electron chi connectivity index (χ4n) is 2.80. The van der Waals surface area contributed by atoms with Gasteiger partial charge in [0.2, 0.25) is 11.8 Å². The van der Waals surface area contributed by atoms with Crippen molar-refractivity contribution in [2.75, 3.05) is 20.3 Å². The second-order valence-electron chi connectivity index (χ2n) is 6.04. The minimum absolute atomic E-state index is 0.0881. The standard InChI is InChI=1S/C21H23N5O3/c1-4-28-20(22)15-8-6-7-14(11-15)17-13-26(25-24-17)18-10-9-16(12-19(18)27-3)21(23)29-5-2/h6-13,22-23H,4-5H2,1-3H3. The Morgan fingerprint density at radius 3 is 2.31 bits per heavy atom. The minimum Gasteiger partial charge on any atom is -0.494 e. The Bertz CT molecular complexity index is 1030. The van der Waals surface area contributed by atoms with Crippen LogP contribution in [0.4, 0.5) is 0 Å². The zero-order valence-electron chi connectivity index (χ0n) is 16.6. The molecule has 1 heterocycles. The van der Waals surface area contributed by atoms with Crippen molar-refractivity contribution in [2.24, 2.45) is 0 Å². The molecule has 0 aliphatic carbocycles. The normalized spacial score (nSPS) is 10.4. The molecule has 0 fully saturated rings. The van der Waals surface area contributed by atoms with E-state index in [1.165, 1.54) is 0 Å². The fraction of sp³-hybridized carbons (Fsp3) is 0.238. The number of aromatic nitrogens is 3. The highest BCUT2D eigenvalue weighted by molar-refractivity contribution is 5.93. The van der Waals surface area contributed by atoms with Crippen molar-refractivity contribution in [3.63, 3.8) is 0 Å². The number of hydrogen-bond acceptors (Lipinski definition) is 7. The lowest BCUT2D eigenvalue weighted by atomic mass is 10.1. The Morgan fingerprint density at radius 2 is 1.66 bits per heavy atom. The van der Waals surface area contributed by atoms with Gasteiger partial charge in [0.15, 0.2) is 0 Å². The summed E-state index contributed by atoms with van der Waals surface area (Å²) in [4.78, 5) is 0. The second-order valence-corrected chi connectivity index (χ2v) is 6.04. The van der Waals surface area contributed by atoms with E-state index in [-0.39, 0.29) is 11.8 Å². The lowest BCUT2D eigenvalue weighted by molar-refractivity contribution is 0.325. The van der Waals surface area contributed by atoms with Gasteiger partial charge in [-0.25, -0.2) is 4.68 Å². The van der Waals surface area contributed by atoms with Gasteiger partial charge in [-0.1, -0.05) is 17.3 Å². The highest BCUT2D eigenvalue weighted by Crippen LogP contribution is 2.26. The predicted octanol–water partition coefficient (Wildman–Crippen LogP) is 3.67. The maximum atomic E-state index is 7.96. The van der Waals surface area contributed by atoms with Crippen LogP contribution in [0.5, 0.6) is 5.75 Å². The summed E-state index contributed by atoms with van der Waals surface area (Å²) in [5, 5.41) is 24.4. The monoisotopic (exact) mass is 393 g/mol. The van der Waals surface area contributed by atoms with Gasteiger partial charge in [-0.15, -0.1) is 5.10 Å².